The predicted molar refractivity (Wildman–Crippen MR) is 81.2 cm³/mol. The van der Waals surface area contributed by atoms with E-state index in [-0.39, 0.29) is 6.10 Å². The Hall–Kier alpha value is -0.0800. The van der Waals surface area contributed by atoms with Crippen LogP contribution in [0.2, 0.25) is 0 Å². The van der Waals surface area contributed by atoms with Crippen molar-refractivity contribution in [2.24, 2.45) is 17.3 Å². The van der Waals surface area contributed by atoms with Gasteiger partial charge in [0.15, 0.2) is 0 Å². The van der Waals surface area contributed by atoms with Gasteiger partial charge in [0, 0.05) is 6.54 Å². The Balaban J connectivity index is 1.89. The summed E-state index contributed by atoms with van der Waals surface area (Å²) in [5.41, 5.74) is 0.400. The molecule has 19 heavy (non-hydrogen) atoms. The molecule has 2 nitrogen and oxygen atoms in total. The maximum Gasteiger partial charge on any atom is 0.0580 e. The summed E-state index contributed by atoms with van der Waals surface area (Å²) >= 11 is 0. The Morgan fingerprint density at radius 2 is 1.63 bits per heavy atom. The van der Waals surface area contributed by atoms with Crippen LogP contribution in [0.25, 0.3) is 0 Å². The lowest BCUT2D eigenvalue weighted by Crippen LogP contribution is -2.41. The first-order valence-corrected chi connectivity index (χ1v) is 8.37. The van der Waals surface area contributed by atoms with Crippen LogP contribution in [-0.2, 0) is 0 Å². The number of nitrogens with zero attached hydrogens (tertiary/aromatic N) is 1. The molecule has 0 aromatic heterocycles. The highest BCUT2D eigenvalue weighted by molar-refractivity contribution is 4.87. The quantitative estimate of drug-likeness (QED) is 0.825. The average Bonchev–Trinajstić information content (AvgIpc) is 2.59. The number of aliphatic hydroxyl groups is 1. The van der Waals surface area contributed by atoms with Crippen molar-refractivity contribution in [1.29, 1.82) is 0 Å². The second-order valence-electron chi connectivity index (χ2n) is 7.92. The average molecular weight is 267 g/mol. The summed E-state index contributed by atoms with van der Waals surface area (Å²) in [6.07, 6.45) is 8.89. The lowest BCUT2D eigenvalue weighted by atomic mass is 9.68. The Bertz CT molecular complexity index is 263. The fourth-order valence-electron chi connectivity index (χ4n) is 3.88. The molecule has 1 heterocycles. The molecule has 1 N–H and O–H groups in total. The van der Waals surface area contributed by atoms with E-state index in [0.717, 1.165) is 18.9 Å². The van der Waals surface area contributed by atoms with Crippen molar-refractivity contribution in [1.82, 2.24) is 4.90 Å². The van der Waals surface area contributed by atoms with Gasteiger partial charge >= 0.3 is 0 Å². The monoisotopic (exact) mass is 267 g/mol. The van der Waals surface area contributed by atoms with Gasteiger partial charge in [0.25, 0.3) is 0 Å². The molecular weight excluding hydrogens is 234 g/mol. The second kappa shape index (κ2) is 6.58. The molecule has 2 heteroatoms. The Kier molecular flexibility index (Phi) is 5.30. The number of aliphatic hydroxyl groups excluding tert-OH is 1. The summed E-state index contributed by atoms with van der Waals surface area (Å²) in [5, 5.41) is 10.3. The van der Waals surface area contributed by atoms with Crippen molar-refractivity contribution in [3.05, 3.63) is 0 Å². The fourth-order valence-corrected chi connectivity index (χ4v) is 3.88. The van der Waals surface area contributed by atoms with Gasteiger partial charge in [-0.15, -0.1) is 0 Å². The lowest BCUT2D eigenvalue weighted by molar-refractivity contribution is 0.00369. The number of hydrogen-bond acceptors (Lipinski definition) is 2. The Morgan fingerprint density at radius 1 is 1.00 bits per heavy atom. The van der Waals surface area contributed by atoms with Crippen LogP contribution in [0.3, 0.4) is 0 Å². The van der Waals surface area contributed by atoms with Crippen LogP contribution in [0.5, 0.6) is 0 Å². The smallest absolute Gasteiger partial charge is 0.0580 e. The molecule has 0 radical (unpaired) electrons. The topological polar surface area (TPSA) is 23.5 Å². The number of likely N-dealkylation sites (tertiary alicyclic amines) is 1. The normalized spacial score (nSPS) is 35.1. The second-order valence-corrected chi connectivity index (χ2v) is 7.92. The minimum atomic E-state index is -0.0538. The first-order valence-electron chi connectivity index (χ1n) is 8.37. The van der Waals surface area contributed by atoms with Gasteiger partial charge in [-0.2, -0.15) is 0 Å². The molecule has 2 aliphatic rings. The molecule has 112 valence electrons. The summed E-state index contributed by atoms with van der Waals surface area (Å²) in [6.45, 7) is 10.7. The van der Waals surface area contributed by atoms with E-state index in [1.54, 1.807) is 0 Å². The molecule has 1 aliphatic heterocycles. The van der Waals surface area contributed by atoms with Gasteiger partial charge in [-0.3, -0.25) is 0 Å². The molecule has 0 amide bonds. The van der Waals surface area contributed by atoms with Crippen molar-refractivity contribution >= 4 is 0 Å². The Labute approximate surface area is 119 Å². The van der Waals surface area contributed by atoms with E-state index in [4.69, 9.17) is 0 Å². The van der Waals surface area contributed by atoms with E-state index in [2.05, 4.69) is 25.7 Å². The summed E-state index contributed by atoms with van der Waals surface area (Å²) in [6, 6.07) is 0. The minimum absolute atomic E-state index is 0.0538. The van der Waals surface area contributed by atoms with Crippen molar-refractivity contribution in [2.75, 3.05) is 19.6 Å². The van der Waals surface area contributed by atoms with E-state index in [0.29, 0.717) is 11.3 Å². The summed E-state index contributed by atoms with van der Waals surface area (Å²) in [4.78, 5) is 2.62. The van der Waals surface area contributed by atoms with Crippen LogP contribution in [0, 0.1) is 17.3 Å². The molecule has 1 aliphatic carbocycles. The zero-order chi connectivity index (χ0) is 13.9. The van der Waals surface area contributed by atoms with Crippen LogP contribution < -0.4 is 0 Å². The first-order chi connectivity index (χ1) is 8.97. The van der Waals surface area contributed by atoms with Gasteiger partial charge in [-0.1, -0.05) is 33.6 Å². The molecule has 0 aromatic carbocycles. The largest absolute Gasteiger partial charge is 0.393 e. The van der Waals surface area contributed by atoms with E-state index in [9.17, 15) is 5.11 Å². The van der Waals surface area contributed by atoms with E-state index < -0.39 is 0 Å². The third kappa shape index (κ3) is 4.46. The van der Waals surface area contributed by atoms with Gasteiger partial charge in [-0.05, 0) is 62.4 Å². The van der Waals surface area contributed by atoms with Crippen LogP contribution in [0.15, 0.2) is 0 Å². The molecular formula is C17H33NO. The molecule has 0 spiro atoms. The van der Waals surface area contributed by atoms with Gasteiger partial charge in [0.05, 0.1) is 6.10 Å². The molecule has 2 fully saturated rings. The van der Waals surface area contributed by atoms with Gasteiger partial charge < -0.3 is 10.0 Å². The molecule has 0 bridgehead atoms. The van der Waals surface area contributed by atoms with Crippen LogP contribution >= 0.6 is 0 Å². The zero-order valence-corrected chi connectivity index (χ0v) is 13.2. The Morgan fingerprint density at radius 3 is 2.21 bits per heavy atom. The van der Waals surface area contributed by atoms with Gasteiger partial charge in [0.1, 0.15) is 0 Å². The van der Waals surface area contributed by atoms with Gasteiger partial charge in [-0.25, -0.2) is 0 Å². The highest BCUT2D eigenvalue weighted by Crippen LogP contribution is 2.40. The highest BCUT2D eigenvalue weighted by Gasteiger charge is 2.35. The summed E-state index contributed by atoms with van der Waals surface area (Å²) in [5.74, 6) is 1.30. The fraction of sp³-hybridized carbons (Fsp3) is 1.00. The molecule has 3 atom stereocenters. The van der Waals surface area contributed by atoms with Crippen LogP contribution in [0.1, 0.15) is 65.7 Å². The maximum absolute atomic E-state index is 10.3. The number of hydrogen-bond donors (Lipinski definition) is 1. The highest BCUT2D eigenvalue weighted by atomic mass is 16.3. The van der Waals surface area contributed by atoms with E-state index in [1.807, 2.05) is 0 Å². The lowest BCUT2D eigenvalue weighted by Gasteiger charge is -2.41. The van der Waals surface area contributed by atoms with Crippen LogP contribution in [-0.4, -0.2) is 35.7 Å². The van der Waals surface area contributed by atoms with Crippen molar-refractivity contribution < 1.29 is 5.11 Å². The van der Waals surface area contributed by atoms with Crippen molar-refractivity contribution in [3.8, 4) is 0 Å². The molecule has 3 unspecified atom stereocenters. The molecule has 1 saturated heterocycles. The SMILES string of the molecule is CC(C)(C)C1CCC(O)C(CN2CCCCCC2)C1. The zero-order valence-electron chi connectivity index (χ0n) is 13.2. The summed E-state index contributed by atoms with van der Waals surface area (Å²) < 4.78 is 0. The van der Waals surface area contributed by atoms with Gasteiger partial charge in [0.2, 0.25) is 0 Å². The molecule has 0 aromatic rings. The number of rotatable bonds is 2. The first kappa shape index (κ1) is 15.3. The van der Waals surface area contributed by atoms with Crippen molar-refractivity contribution in [2.45, 2.75) is 71.8 Å². The molecule has 1 saturated carbocycles. The third-order valence-electron chi connectivity index (χ3n) is 5.36. The molecule has 2 rings (SSSR count). The van der Waals surface area contributed by atoms with E-state index in [1.165, 1.54) is 51.6 Å². The predicted octanol–water partition coefficient (Wildman–Crippen LogP) is 3.69. The van der Waals surface area contributed by atoms with Crippen molar-refractivity contribution in [3.63, 3.8) is 0 Å². The van der Waals surface area contributed by atoms with Crippen LogP contribution in [0.4, 0.5) is 0 Å². The maximum atomic E-state index is 10.3. The third-order valence-corrected chi connectivity index (χ3v) is 5.36. The van der Waals surface area contributed by atoms with E-state index >= 15 is 0 Å². The minimum Gasteiger partial charge on any atom is -0.393 e. The standard InChI is InChI=1S/C17H33NO/c1-17(2,3)15-8-9-16(19)14(12-15)13-18-10-6-4-5-7-11-18/h14-16,19H,4-13H2,1-3H3. The summed E-state index contributed by atoms with van der Waals surface area (Å²) in [7, 11) is 0.